The van der Waals surface area contributed by atoms with Crippen molar-refractivity contribution < 1.29 is 4.79 Å². The van der Waals surface area contributed by atoms with Gasteiger partial charge in [-0.25, -0.2) is 5.43 Å². The second kappa shape index (κ2) is 9.21. The molecule has 1 amide bonds. The molecule has 158 valence electrons. The van der Waals surface area contributed by atoms with Crippen LogP contribution in [0.5, 0.6) is 0 Å². The number of nitrogens with one attached hydrogen (secondary N) is 3. The molecule has 2 aromatic carbocycles. The largest absolute Gasteiger partial charge is 0.350 e. The Morgan fingerprint density at radius 2 is 1.65 bits per heavy atom. The van der Waals surface area contributed by atoms with Gasteiger partial charge in [0.1, 0.15) is 0 Å². The fourth-order valence-corrected chi connectivity index (χ4v) is 3.24. The van der Waals surface area contributed by atoms with Crippen LogP contribution in [-0.4, -0.2) is 39.7 Å². The highest BCUT2D eigenvalue weighted by Crippen LogP contribution is 2.23. The number of rotatable bonds is 8. The van der Waals surface area contributed by atoms with Gasteiger partial charge in [-0.15, -0.1) is 0 Å². The van der Waals surface area contributed by atoms with E-state index in [0.29, 0.717) is 24.2 Å². The third kappa shape index (κ3) is 4.61. The monoisotopic (exact) mass is 416 g/mol. The quantitative estimate of drug-likeness (QED) is 0.484. The summed E-state index contributed by atoms with van der Waals surface area (Å²) in [6.45, 7) is 6.16. The van der Waals surface area contributed by atoms with Gasteiger partial charge < -0.3 is 15.5 Å². The number of hydrogen-bond donors (Lipinski definition) is 3. The maximum absolute atomic E-state index is 12.3. The Labute approximate surface area is 180 Å². The fourth-order valence-electron chi connectivity index (χ4n) is 3.24. The first-order chi connectivity index (χ1) is 15.2. The van der Waals surface area contributed by atoms with Crippen molar-refractivity contribution in [2.45, 2.75) is 20.4 Å². The first-order valence-corrected chi connectivity index (χ1v) is 10.2. The predicted molar refractivity (Wildman–Crippen MR) is 122 cm³/mol. The third-order valence-corrected chi connectivity index (χ3v) is 4.88. The zero-order valence-electron chi connectivity index (χ0n) is 17.5. The van der Waals surface area contributed by atoms with Crippen LogP contribution in [0.25, 0.3) is 0 Å². The summed E-state index contributed by atoms with van der Waals surface area (Å²) in [5, 5.41) is 10.3. The van der Waals surface area contributed by atoms with E-state index >= 15 is 0 Å². The standard InChI is InChI=1S/C22H24N8O/c1-3-30(4-2)22-26-20(23-14-15-10-6-5-7-11-15)25-21(27-22)29-28-18-16-12-8-9-13-17(16)24-19(18)31/h5-13H,3-4,14H2,1-2H3,(H,24,28,31)(H2,23,25,26,27,29). The average molecular weight is 416 g/mol. The minimum atomic E-state index is -0.269. The minimum absolute atomic E-state index is 0.261. The molecule has 0 aliphatic carbocycles. The van der Waals surface area contributed by atoms with Crippen molar-refractivity contribution in [1.82, 2.24) is 15.0 Å². The van der Waals surface area contributed by atoms with Gasteiger partial charge in [0.05, 0.1) is 5.69 Å². The summed E-state index contributed by atoms with van der Waals surface area (Å²) in [7, 11) is 0. The van der Waals surface area contributed by atoms with Gasteiger partial charge >= 0.3 is 0 Å². The molecule has 0 saturated carbocycles. The van der Waals surface area contributed by atoms with E-state index in [2.05, 4.69) is 36.1 Å². The number of para-hydroxylation sites is 1. The molecule has 0 bridgehead atoms. The highest BCUT2D eigenvalue weighted by Gasteiger charge is 2.25. The van der Waals surface area contributed by atoms with Gasteiger partial charge in [-0.05, 0) is 25.5 Å². The van der Waals surface area contributed by atoms with Crippen LogP contribution in [0.1, 0.15) is 25.0 Å². The van der Waals surface area contributed by atoms with E-state index in [1.54, 1.807) is 0 Å². The first kappa shape index (κ1) is 20.3. The number of fused-ring (bicyclic) bond motifs is 1. The van der Waals surface area contributed by atoms with E-state index < -0.39 is 0 Å². The van der Waals surface area contributed by atoms with Gasteiger partial charge in [-0.2, -0.15) is 20.1 Å². The molecule has 0 atom stereocenters. The molecule has 0 spiro atoms. The van der Waals surface area contributed by atoms with Crippen LogP contribution < -0.4 is 21.0 Å². The molecule has 31 heavy (non-hydrogen) atoms. The number of carbonyl (C=O) groups excluding carboxylic acids is 1. The van der Waals surface area contributed by atoms with Crippen LogP contribution in [0, 0.1) is 0 Å². The van der Waals surface area contributed by atoms with E-state index in [1.807, 2.05) is 73.3 Å². The number of hydrogen-bond acceptors (Lipinski definition) is 8. The minimum Gasteiger partial charge on any atom is -0.350 e. The second-order valence-electron chi connectivity index (χ2n) is 6.87. The van der Waals surface area contributed by atoms with E-state index in [4.69, 9.17) is 0 Å². The van der Waals surface area contributed by atoms with Crippen molar-refractivity contribution in [3.05, 3.63) is 65.7 Å². The number of benzene rings is 2. The zero-order chi connectivity index (χ0) is 21.6. The van der Waals surface area contributed by atoms with Crippen molar-refractivity contribution in [2.24, 2.45) is 5.10 Å². The van der Waals surface area contributed by atoms with Crippen molar-refractivity contribution in [3.8, 4) is 0 Å². The van der Waals surface area contributed by atoms with Crippen LogP contribution in [0.2, 0.25) is 0 Å². The third-order valence-electron chi connectivity index (χ3n) is 4.88. The molecule has 9 heteroatoms. The molecule has 1 aromatic heterocycles. The molecule has 0 saturated heterocycles. The van der Waals surface area contributed by atoms with E-state index in [0.717, 1.165) is 29.9 Å². The Bertz CT molecular complexity index is 1100. The van der Waals surface area contributed by atoms with Crippen molar-refractivity contribution >= 4 is 35.2 Å². The number of aromatic nitrogens is 3. The summed E-state index contributed by atoms with van der Waals surface area (Å²) < 4.78 is 0. The van der Waals surface area contributed by atoms with Crippen LogP contribution >= 0.6 is 0 Å². The molecule has 0 fully saturated rings. The van der Waals surface area contributed by atoms with Crippen LogP contribution in [0.3, 0.4) is 0 Å². The molecule has 9 nitrogen and oxygen atoms in total. The summed E-state index contributed by atoms with van der Waals surface area (Å²) >= 11 is 0. The van der Waals surface area contributed by atoms with Gasteiger partial charge in [0.25, 0.3) is 5.91 Å². The van der Waals surface area contributed by atoms with Gasteiger partial charge in [0.15, 0.2) is 5.71 Å². The van der Waals surface area contributed by atoms with E-state index in [1.165, 1.54) is 0 Å². The highest BCUT2D eigenvalue weighted by atomic mass is 16.2. The normalized spacial score (nSPS) is 13.6. The Morgan fingerprint density at radius 3 is 2.42 bits per heavy atom. The predicted octanol–water partition coefficient (Wildman–Crippen LogP) is 3.10. The Hall–Kier alpha value is -4.01. The number of anilines is 4. The molecule has 2 heterocycles. The van der Waals surface area contributed by atoms with Crippen molar-refractivity contribution in [2.75, 3.05) is 34.0 Å². The molecular formula is C22H24N8O. The molecule has 0 unspecified atom stereocenters. The summed E-state index contributed by atoms with van der Waals surface area (Å²) in [4.78, 5) is 27.8. The SMILES string of the molecule is CCN(CC)c1nc(NCc2ccccc2)nc(N/N=C2/C(=O)Nc3ccccc32)n1. The van der Waals surface area contributed by atoms with Gasteiger partial charge in [-0.1, -0.05) is 48.5 Å². The Kier molecular flexibility index (Phi) is 6.02. The lowest BCUT2D eigenvalue weighted by Crippen LogP contribution is -2.25. The fraction of sp³-hybridized carbons (Fsp3) is 0.227. The smallest absolute Gasteiger partial charge is 0.276 e. The molecule has 3 N–H and O–H groups in total. The lowest BCUT2D eigenvalue weighted by atomic mass is 10.1. The maximum Gasteiger partial charge on any atom is 0.276 e. The second-order valence-corrected chi connectivity index (χ2v) is 6.87. The maximum atomic E-state index is 12.3. The Balaban J connectivity index is 1.60. The van der Waals surface area contributed by atoms with Gasteiger partial charge in [0, 0.05) is 25.2 Å². The summed E-state index contributed by atoms with van der Waals surface area (Å²) in [5.41, 5.74) is 5.71. The zero-order valence-corrected chi connectivity index (χ0v) is 17.5. The van der Waals surface area contributed by atoms with E-state index in [9.17, 15) is 4.79 Å². The van der Waals surface area contributed by atoms with E-state index in [-0.39, 0.29) is 11.9 Å². The molecule has 1 aliphatic rings. The van der Waals surface area contributed by atoms with Gasteiger partial charge in [-0.3, -0.25) is 4.79 Å². The topological polar surface area (TPSA) is 107 Å². The number of hydrazone groups is 1. The molecule has 3 aromatic rings. The number of nitrogens with zero attached hydrogens (tertiary/aromatic N) is 5. The summed E-state index contributed by atoms with van der Waals surface area (Å²) in [6.07, 6.45) is 0. The Morgan fingerprint density at radius 1 is 0.935 bits per heavy atom. The molecule has 4 rings (SSSR count). The lowest BCUT2D eigenvalue weighted by molar-refractivity contribution is -0.110. The molecule has 0 radical (unpaired) electrons. The van der Waals surface area contributed by atoms with Crippen molar-refractivity contribution in [1.29, 1.82) is 0 Å². The number of carbonyl (C=O) groups is 1. The average Bonchev–Trinajstić information content (AvgIpc) is 3.12. The highest BCUT2D eigenvalue weighted by molar-refractivity contribution is 6.53. The molecule has 1 aliphatic heterocycles. The van der Waals surface area contributed by atoms with Crippen LogP contribution in [0.4, 0.5) is 23.5 Å². The van der Waals surface area contributed by atoms with Crippen LogP contribution in [-0.2, 0) is 11.3 Å². The molecular weight excluding hydrogens is 392 g/mol. The summed E-state index contributed by atoms with van der Waals surface area (Å²) in [5.74, 6) is 0.959. The van der Waals surface area contributed by atoms with Crippen LogP contribution in [0.15, 0.2) is 59.7 Å². The first-order valence-electron chi connectivity index (χ1n) is 10.2. The van der Waals surface area contributed by atoms with Crippen molar-refractivity contribution in [3.63, 3.8) is 0 Å². The summed E-state index contributed by atoms with van der Waals surface area (Å²) in [6, 6.07) is 17.4. The van der Waals surface area contributed by atoms with Gasteiger partial charge in [0.2, 0.25) is 17.8 Å². The number of amides is 1. The lowest BCUT2D eigenvalue weighted by Gasteiger charge is -2.19.